The fraction of sp³-hybridized carbons (Fsp3) is 0.500. The minimum Gasteiger partial charge on any atom is -1.00 e. The number of hydrogen-bond acceptors (Lipinski definition) is 3. The van der Waals surface area contributed by atoms with Crippen molar-refractivity contribution in [3.63, 3.8) is 0 Å². The smallest absolute Gasteiger partial charge is 0.310 e. The van der Waals surface area contributed by atoms with E-state index in [9.17, 15) is 4.79 Å². The molecule has 2 atom stereocenters. The third-order valence-corrected chi connectivity index (χ3v) is 3.55. The first-order valence-electron chi connectivity index (χ1n) is 6.03. The average Bonchev–Trinajstić information content (AvgIpc) is 2.38. The molecule has 3 nitrogen and oxygen atoms in total. The Morgan fingerprint density at radius 2 is 2.00 bits per heavy atom. The second-order valence-electron chi connectivity index (χ2n) is 4.70. The normalized spacial score (nSPS) is 24.1. The molecule has 0 bridgehead atoms. The average molecular weight is 313 g/mol. The summed E-state index contributed by atoms with van der Waals surface area (Å²) >= 11 is 0. The largest absolute Gasteiger partial charge is 1.00 e. The molecular formula is C14H19BrNO2-. The van der Waals surface area contributed by atoms with E-state index in [0.717, 1.165) is 19.5 Å². The van der Waals surface area contributed by atoms with E-state index in [1.807, 2.05) is 18.2 Å². The van der Waals surface area contributed by atoms with Crippen LogP contribution in [0, 0.1) is 5.92 Å². The van der Waals surface area contributed by atoms with Crippen LogP contribution < -0.4 is 17.0 Å². The Bertz CT molecular complexity index is 383. The van der Waals surface area contributed by atoms with Crippen LogP contribution in [0.25, 0.3) is 0 Å². The molecule has 1 fully saturated rings. The summed E-state index contributed by atoms with van der Waals surface area (Å²) in [5.41, 5.74) is 1.25. The second kappa shape index (κ2) is 6.90. The maximum Gasteiger partial charge on any atom is 0.310 e. The summed E-state index contributed by atoms with van der Waals surface area (Å²) in [4.78, 5) is 14.0. The molecule has 4 heteroatoms. The van der Waals surface area contributed by atoms with E-state index in [0.29, 0.717) is 5.92 Å². The lowest BCUT2D eigenvalue weighted by molar-refractivity contribution is -0.148. The molecule has 1 aliphatic rings. The molecule has 0 aliphatic carbocycles. The van der Waals surface area contributed by atoms with E-state index in [2.05, 4.69) is 24.1 Å². The Morgan fingerprint density at radius 3 is 2.61 bits per heavy atom. The SMILES string of the molecule is COC(=O)[C@@H]1CN(C)CC[C@@H]1c1ccccc1.[Br-]. The molecule has 100 valence electrons. The Morgan fingerprint density at radius 1 is 1.33 bits per heavy atom. The molecule has 1 aliphatic heterocycles. The van der Waals surface area contributed by atoms with Crippen LogP contribution in [0.1, 0.15) is 17.9 Å². The number of carbonyl (C=O) groups excluding carboxylic acids is 1. The number of carbonyl (C=O) groups is 1. The fourth-order valence-corrected chi connectivity index (χ4v) is 2.60. The quantitative estimate of drug-likeness (QED) is 0.649. The Kier molecular flexibility index (Phi) is 5.82. The molecule has 0 radical (unpaired) electrons. The summed E-state index contributed by atoms with van der Waals surface area (Å²) in [5, 5.41) is 0. The maximum absolute atomic E-state index is 11.8. The first-order chi connectivity index (χ1) is 8.22. The van der Waals surface area contributed by atoms with Crippen LogP contribution in [0.2, 0.25) is 0 Å². The molecule has 1 heterocycles. The van der Waals surface area contributed by atoms with Gasteiger partial charge in [-0.05, 0) is 31.5 Å². The first kappa shape index (κ1) is 15.2. The summed E-state index contributed by atoms with van der Waals surface area (Å²) in [5.74, 6) is 0.159. The lowest BCUT2D eigenvalue weighted by Crippen LogP contribution is -3.00. The van der Waals surface area contributed by atoms with Gasteiger partial charge in [0, 0.05) is 6.54 Å². The van der Waals surface area contributed by atoms with Crippen molar-refractivity contribution in [2.45, 2.75) is 12.3 Å². The van der Waals surface area contributed by atoms with Gasteiger partial charge in [0.1, 0.15) is 0 Å². The molecule has 0 N–H and O–H groups in total. The maximum atomic E-state index is 11.8. The number of rotatable bonds is 2. The van der Waals surface area contributed by atoms with E-state index in [1.54, 1.807) is 0 Å². The molecule has 0 amide bonds. The number of piperidine rings is 1. The highest BCUT2D eigenvalue weighted by Crippen LogP contribution is 2.33. The van der Waals surface area contributed by atoms with Crippen molar-refractivity contribution in [2.75, 3.05) is 27.2 Å². The van der Waals surface area contributed by atoms with Crippen LogP contribution in [0.4, 0.5) is 0 Å². The topological polar surface area (TPSA) is 29.5 Å². The minimum atomic E-state index is -0.0922. The van der Waals surface area contributed by atoms with E-state index in [-0.39, 0.29) is 28.9 Å². The highest BCUT2D eigenvalue weighted by molar-refractivity contribution is 5.74. The Hall–Kier alpha value is -0.870. The molecule has 0 unspecified atom stereocenters. The van der Waals surface area contributed by atoms with Crippen LogP contribution in [0.3, 0.4) is 0 Å². The summed E-state index contributed by atoms with van der Waals surface area (Å²) < 4.78 is 4.92. The van der Waals surface area contributed by atoms with Crippen LogP contribution in [0.5, 0.6) is 0 Å². The van der Waals surface area contributed by atoms with Gasteiger partial charge in [-0.25, -0.2) is 0 Å². The Labute approximate surface area is 119 Å². The molecule has 18 heavy (non-hydrogen) atoms. The molecule has 0 saturated carbocycles. The zero-order valence-corrected chi connectivity index (χ0v) is 12.4. The van der Waals surface area contributed by atoms with Gasteiger partial charge in [-0.3, -0.25) is 4.79 Å². The van der Waals surface area contributed by atoms with Gasteiger partial charge in [-0.15, -0.1) is 0 Å². The fourth-order valence-electron chi connectivity index (χ4n) is 2.60. The minimum absolute atomic E-state index is 0. The van der Waals surface area contributed by atoms with E-state index in [1.165, 1.54) is 12.7 Å². The number of halogens is 1. The van der Waals surface area contributed by atoms with Gasteiger partial charge in [0.15, 0.2) is 0 Å². The number of likely N-dealkylation sites (tertiary alicyclic amines) is 1. The molecule has 2 rings (SSSR count). The van der Waals surface area contributed by atoms with Crippen molar-refractivity contribution in [1.29, 1.82) is 0 Å². The van der Waals surface area contributed by atoms with Crippen LogP contribution in [0.15, 0.2) is 30.3 Å². The zero-order valence-electron chi connectivity index (χ0n) is 10.8. The predicted octanol–water partition coefficient (Wildman–Crippen LogP) is -1.10. The van der Waals surface area contributed by atoms with Crippen LogP contribution in [-0.2, 0) is 9.53 Å². The monoisotopic (exact) mass is 312 g/mol. The Balaban J connectivity index is 0.00000162. The first-order valence-corrected chi connectivity index (χ1v) is 6.03. The summed E-state index contributed by atoms with van der Waals surface area (Å²) in [6.07, 6.45) is 1.01. The van der Waals surface area contributed by atoms with Gasteiger partial charge in [-0.2, -0.15) is 0 Å². The number of ether oxygens (including phenoxy) is 1. The highest BCUT2D eigenvalue weighted by atomic mass is 79.9. The van der Waals surface area contributed by atoms with Crippen LogP contribution >= 0.6 is 0 Å². The van der Waals surface area contributed by atoms with Crippen molar-refractivity contribution in [3.05, 3.63) is 35.9 Å². The van der Waals surface area contributed by atoms with Crippen molar-refractivity contribution in [1.82, 2.24) is 4.90 Å². The molecule has 0 aromatic heterocycles. The van der Waals surface area contributed by atoms with Gasteiger partial charge < -0.3 is 26.6 Å². The summed E-state index contributed by atoms with van der Waals surface area (Å²) in [6, 6.07) is 10.3. The van der Waals surface area contributed by atoms with Gasteiger partial charge >= 0.3 is 5.97 Å². The summed E-state index contributed by atoms with van der Waals surface area (Å²) in [6.45, 7) is 1.82. The van der Waals surface area contributed by atoms with Crippen molar-refractivity contribution >= 4 is 5.97 Å². The number of hydrogen-bond donors (Lipinski definition) is 0. The van der Waals surface area contributed by atoms with Crippen LogP contribution in [-0.4, -0.2) is 38.1 Å². The third kappa shape index (κ3) is 3.33. The van der Waals surface area contributed by atoms with E-state index in [4.69, 9.17) is 4.74 Å². The standard InChI is InChI=1S/C14H19NO2.BrH/c1-15-9-8-12(11-6-4-3-5-7-11)13(10-15)14(16)17-2;/h3-7,12-13H,8-10H2,1-2H3;1H/p-1/t12-,13-;/m1./s1. The lowest BCUT2D eigenvalue weighted by Gasteiger charge is -2.35. The van der Waals surface area contributed by atoms with Gasteiger partial charge in [0.05, 0.1) is 13.0 Å². The molecule has 1 aromatic rings. The molecule has 1 aromatic carbocycles. The van der Waals surface area contributed by atoms with E-state index >= 15 is 0 Å². The number of esters is 1. The highest BCUT2D eigenvalue weighted by Gasteiger charge is 2.34. The number of benzene rings is 1. The van der Waals surface area contributed by atoms with E-state index < -0.39 is 0 Å². The lowest BCUT2D eigenvalue weighted by atomic mass is 9.80. The van der Waals surface area contributed by atoms with Crippen molar-refractivity contribution in [2.24, 2.45) is 5.92 Å². The van der Waals surface area contributed by atoms with Crippen molar-refractivity contribution < 1.29 is 26.5 Å². The molecular weight excluding hydrogens is 294 g/mol. The van der Waals surface area contributed by atoms with Gasteiger partial charge in [-0.1, -0.05) is 30.3 Å². The van der Waals surface area contributed by atoms with Crippen molar-refractivity contribution in [3.8, 4) is 0 Å². The van der Waals surface area contributed by atoms with Gasteiger partial charge in [0.2, 0.25) is 0 Å². The summed E-state index contributed by atoms with van der Waals surface area (Å²) in [7, 11) is 3.52. The number of methoxy groups -OCH3 is 1. The molecule has 0 spiro atoms. The molecule has 1 saturated heterocycles. The third-order valence-electron chi connectivity index (χ3n) is 3.55. The second-order valence-corrected chi connectivity index (χ2v) is 4.70. The zero-order chi connectivity index (χ0) is 12.3. The van der Waals surface area contributed by atoms with Gasteiger partial charge in [0.25, 0.3) is 0 Å². The number of nitrogens with zero attached hydrogens (tertiary/aromatic N) is 1. The predicted molar refractivity (Wildman–Crippen MR) is 66.8 cm³/mol.